The van der Waals surface area contributed by atoms with E-state index in [0.717, 1.165) is 27.6 Å². The zero-order chi connectivity index (χ0) is 26.6. The number of benzene rings is 3. The number of aromatic nitrogens is 1. The Hall–Kier alpha value is -4.34. The molecule has 190 valence electrons. The predicted molar refractivity (Wildman–Crippen MR) is 150 cm³/mol. The Morgan fingerprint density at radius 3 is 2.32 bits per heavy atom. The highest BCUT2D eigenvalue weighted by molar-refractivity contribution is 8.18. The summed E-state index contributed by atoms with van der Waals surface area (Å²) in [5.41, 5.74) is 2.58. The highest BCUT2D eigenvalue weighted by Crippen LogP contribution is 2.34. The van der Waals surface area contributed by atoms with Crippen LogP contribution in [0.5, 0.6) is 0 Å². The molecule has 5 rings (SSSR count). The maximum atomic E-state index is 13.0. The van der Waals surface area contributed by atoms with E-state index in [2.05, 4.69) is 10.6 Å². The van der Waals surface area contributed by atoms with Gasteiger partial charge in [0.1, 0.15) is 13.1 Å². The molecule has 1 saturated heterocycles. The number of imide groups is 1. The zero-order valence-electron chi connectivity index (χ0n) is 19.9. The van der Waals surface area contributed by atoms with E-state index in [4.69, 9.17) is 11.6 Å². The van der Waals surface area contributed by atoms with E-state index in [1.54, 1.807) is 41.1 Å². The van der Waals surface area contributed by atoms with Gasteiger partial charge in [-0.05, 0) is 48.2 Å². The van der Waals surface area contributed by atoms with Gasteiger partial charge in [0, 0.05) is 28.4 Å². The lowest BCUT2D eigenvalue weighted by molar-refractivity contribution is -0.127. The van der Waals surface area contributed by atoms with Crippen LogP contribution >= 0.6 is 23.4 Å². The van der Waals surface area contributed by atoms with Gasteiger partial charge in [-0.2, -0.15) is 0 Å². The van der Waals surface area contributed by atoms with Crippen molar-refractivity contribution in [2.24, 2.45) is 0 Å². The molecule has 10 heteroatoms. The Bertz CT molecular complexity index is 1600. The molecule has 0 saturated carbocycles. The first-order valence-corrected chi connectivity index (χ1v) is 12.8. The third-order valence-electron chi connectivity index (χ3n) is 5.80. The number of fused-ring (bicyclic) bond motifs is 1. The van der Waals surface area contributed by atoms with Gasteiger partial charge in [0.05, 0.1) is 15.6 Å². The van der Waals surface area contributed by atoms with Crippen molar-refractivity contribution in [3.8, 4) is 0 Å². The van der Waals surface area contributed by atoms with Crippen LogP contribution in [0.15, 0.2) is 90.0 Å². The molecule has 8 nitrogen and oxygen atoms in total. The number of hydrogen-bond donors (Lipinski definition) is 2. The summed E-state index contributed by atoms with van der Waals surface area (Å²) in [4.78, 5) is 51.9. The predicted octanol–water partition coefficient (Wildman–Crippen LogP) is 5.61. The van der Waals surface area contributed by atoms with E-state index in [0.29, 0.717) is 22.0 Å². The van der Waals surface area contributed by atoms with Gasteiger partial charge in [-0.15, -0.1) is 0 Å². The molecule has 0 unspecified atom stereocenters. The molecule has 0 bridgehead atoms. The SMILES string of the molecule is O=C(Cn1cc(/C=C2/SC(=O)N(CC(=O)Nc3ccccc3Cl)C2=O)c2ccccc21)Nc1ccccc1. The molecule has 0 atom stereocenters. The van der Waals surface area contributed by atoms with Crippen molar-refractivity contribution in [2.75, 3.05) is 17.2 Å². The number of anilines is 2. The molecular weight excluding hydrogens is 524 g/mol. The lowest BCUT2D eigenvalue weighted by Crippen LogP contribution is -2.36. The van der Waals surface area contributed by atoms with Crippen molar-refractivity contribution >= 4 is 74.7 Å². The first-order valence-electron chi connectivity index (χ1n) is 11.6. The van der Waals surface area contributed by atoms with E-state index < -0.39 is 23.6 Å². The number of hydrogen-bond acceptors (Lipinski definition) is 5. The fraction of sp³-hybridized carbons (Fsp3) is 0.0714. The first kappa shape index (κ1) is 25.3. The summed E-state index contributed by atoms with van der Waals surface area (Å²) >= 11 is 6.84. The average Bonchev–Trinajstić information content (AvgIpc) is 3.37. The van der Waals surface area contributed by atoms with Crippen molar-refractivity contribution in [3.05, 3.63) is 101 Å². The third kappa shape index (κ3) is 5.49. The molecule has 4 amide bonds. The largest absolute Gasteiger partial charge is 0.337 e. The molecule has 0 spiro atoms. The quantitative estimate of drug-likeness (QED) is 0.295. The fourth-order valence-corrected chi connectivity index (χ4v) is 5.08. The maximum Gasteiger partial charge on any atom is 0.294 e. The summed E-state index contributed by atoms with van der Waals surface area (Å²) in [5, 5.41) is 6.12. The summed E-state index contributed by atoms with van der Waals surface area (Å²) in [5.74, 6) is -1.30. The highest BCUT2D eigenvalue weighted by atomic mass is 35.5. The average molecular weight is 545 g/mol. The second kappa shape index (κ2) is 11.0. The van der Waals surface area contributed by atoms with E-state index >= 15 is 0 Å². The first-order chi connectivity index (χ1) is 18.4. The van der Waals surface area contributed by atoms with Crippen LogP contribution in [0.3, 0.4) is 0 Å². The number of carbonyl (C=O) groups is 4. The van der Waals surface area contributed by atoms with Crippen molar-refractivity contribution in [1.29, 1.82) is 0 Å². The minimum atomic E-state index is -0.562. The van der Waals surface area contributed by atoms with Crippen molar-refractivity contribution in [2.45, 2.75) is 6.54 Å². The normalized spacial score (nSPS) is 14.3. The van der Waals surface area contributed by atoms with Gasteiger partial charge < -0.3 is 15.2 Å². The minimum Gasteiger partial charge on any atom is -0.337 e. The van der Waals surface area contributed by atoms with Crippen LogP contribution in [0.4, 0.5) is 16.2 Å². The van der Waals surface area contributed by atoms with Crippen LogP contribution in [0.2, 0.25) is 5.02 Å². The van der Waals surface area contributed by atoms with Gasteiger partial charge in [0.2, 0.25) is 11.8 Å². The second-order valence-corrected chi connectivity index (χ2v) is 9.84. The van der Waals surface area contributed by atoms with E-state index in [1.807, 2.05) is 54.6 Å². The maximum absolute atomic E-state index is 13.0. The number of amides is 4. The number of halogens is 1. The number of rotatable bonds is 7. The lowest BCUT2D eigenvalue weighted by Gasteiger charge is -2.13. The monoisotopic (exact) mass is 544 g/mol. The van der Waals surface area contributed by atoms with E-state index in [1.165, 1.54) is 0 Å². The number of nitrogens with zero attached hydrogens (tertiary/aromatic N) is 2. The third-order valence-corrected chi connectivity index (χ3v) is 7.04. The molecule has 1 fully saturated rings. The van der Waals surface area contributed by atoms with Gasteiger partial charge in [-0.3, -0.25) is 24.1 Å². The summed E-state index contributed by atoms with van der Waals surface area (Å²) < 4.78 is 1.79. The summed E-state index contributed by atoms with van der Waals surface area (Å²) in [7, 11) is 0. The van der Waals surface area contributed by atoms with E-state index in [9.17, 15) is 19.2 Å². The molecule has 0 aliphatic carbocycles. The summed E-state index contributed by atoms with van der Waals surface area (Å²) in [6, 6.07) is 23.4. The number of thioether (sulfide) groups is 1. The topological polar surface area (TPSA) is 101 Å². The molecule has 38 heavy (non-hydrogen) atoms. The molecule has 2 heterocycles. The zero-order valence-corrected chi connectivity index (χ0v) is 21.5. The minimum absolute atomic E-state index is 0.0624. The molecule has 0 radical (unpaired) electrons. The Kier molecular flexibility index (Phi) is 7.30. The van der Waals surface area contributed by atoms with Crippen LogP contribution in [0.25, 0.3) is 17.0 Å². The number of para-hydroxylation sites is 3. The summed E-state index contributed by atoms with van der Waals surface area (Å²) in [6.07, 6.45) is 3.39. The standard InChI is InChI=1S/C28H21ClN4O4S/c29-21-11-5-6-12-22(21)31-26(35)17-33-27(36)24(38-28(33)37)14-18-15-32(23-13-7-4-10-20(18)23)16-25(34)30-19-8-2-1-3-9-19/h1-15H,16-17H2,(H,30,34)(H,31,35)/b24-14+. The van der Waals surface area contributed by atoms with E-state index in [-0.39, 0.29) is 17.4 Å². The van der Waals surface area contributed by atoms with Gasteiger partial charge in [-0.25, -0.2) is 0 Å². The van der Waals surface area contributed by atoms with Gasteiger partial charge in [-0.1, -0.05) is 60.1 Å². The second-order valence-electron chi connectivity index (χ2n) is 8.44. The van der Waals surface area contributed by atoms with Crippen molar-refractivity contribution < 1.29 is 19.2 Å². The van der Waals surface area contributed by atoms with Gasteiger partial charge >= 0.3 is 0 Å². The van der Waals surface area contributed by atoms with Crippen LogP contribution < -0.4 is 10.6 Å². The Balaban J connectivity index is 1.34. The number of carbonyl (C=O) groups excluding carboxylic acids is 4. The van der Waals surface area contributed by atoms with Crippen LogP contribution in [0.1, 0.15) is 5.56 Å². The van der Waals surface area contributed by atoms with Gasteiger partial charge in [0.25, 0.3) is 11.1 Å². The smallest absolute Gasteiger partial charge is 0.294 e. The van der Waals surface area contributed by atoms with Crippen LogP contribution in [0, 0.1) is 0 Å². The van der Waals surface area contributed by atoms with Crippen LogP contribution in [-0.4, -0.2) is 39.0 Å². The molecule has 2 N–H and O–H groups in total. The van der Waals surface area contributed by atoms with Crippen LogP contribution in [-0.2, 0) is 20.9 Å². The molecule has 1 aliphatic heterocycles. The fourth-order valence-electron chi connectivity index (χ4n) is 4.07. The molecule has 4 aromatic rings. The van der Waals surface area contributed by atoms with Crippen molar-refractivity contribution in [3.63, 3.8) is 0 Å². The molecule has 3 aromatic carbocycles. The Morgan fingerprint density at radius 1 is 0.842 bits per heavy atom. The molecule has 1 aliphatic rings. The van der Waals surface area contributed by atoms with Crippen molar-refractivity contribution in [1.82, 2.24) is 9.47 Å². The summed E-state index contributed by atoms with van der Waals surface area (Å²) in [6.45, 7) is -0.373. The Labute approximate surface area is 227 Å². The molecule has 1 aromatic heterocycles. The van der Waals surface area contributed by atoms with Gasteiger partial charge in [0.15, 0.2) is 0 Å². The Morgan fingerprint density at radius 2 is 1.53 bits per heavy atom. The highest BCUT2D eigenvalue weighted by Gasteiger charge is 2.36. The number of nitrogens with one attached hydrogen (secondary N) is 2. The lowest BCUT2D eigenvalue weighted by atomic mass is 10.1. The molecular formula is C28H21ClN4O4S.